The highest BCUT2D eigenvalue weighted by Crippen LogP contribution is 2.33. The third kappa shape index (κ3) is 4.46. The highest BCUT2D eigenvalue weighted by Gasteiger charge is 2.25. The lowest BCUT2D eigenvalue weighted by Crippen LogP contribution is -2.16. The van der Waals surface area contributed by atoms with Crippen LogP contribution in [0.1, 0.15) is 12.0 Å². The van der Waals surface area contributed by atoms with E-state index in [0.29, 0.717) is 21.6 Å². The molecule has 11 nitrogen and oxygen atoms in total. The first-order valence-corrected chi connectivity index (χ1v) is 11.6. The van der Waals surface area contributed by atoms with Crippen molar-refractivity contribution in [1.82, 2.24) is 29.9 Å². The number of fused-ring (bicyclic) bond motifs is 1. The predicted octanol–water partition coefficient (Wildman–Crippen LogP) is 3.21. The normalized spacial score (nSPS) is 11.8. The Morgan fingerprint density at radius 1 is 1.15 bits per heavy atom. The summed E-state index contributed by atoms with van der Waals surface area (Å²) >= 11 is 6.29. The van der Waals surface area contributed by atoms with Crippen molar-refractivity contribution >= 4 is 38.5 Å². The zero-order valence-electron chi connectivity index (χ0n) is 17.8. The van der Waals surface area contributed by atoms with Gasteiger partial charge in [0.15, 0.2) is 0 Å². The molecule has 0 aliphatic heterocycles. The summed E-state index contributed by atoms with van der Waals surface area (Å²) in [7, 11) is -1.66. The first-order valence-electron chi connectivity index (χ1n) is 9.71. The Kier molecular flexibility index (Phi) is 6.52. The minimum Gasteiger partial charge on any atom is -0.481 e. The van der Waals surface area contributed by atoms with E-state index in [1.165, 1.54) is 49.7 Å². The number of benzene rings is 1. The van der Waals surface area contributed by atoms with Crippen molar-refractivity contribution in [3.8, 4) is 17.4 Å². The molecule has 0 fully saturated rings. The van der Waals surface area contributed by atoms with Gasteiger partial charge in [-0.15, -0.1) is 4.80 Å². The van der Waals surface area contributed by atoms with E-state index in [9.17, 15) is 17.2 Å². The summed E-state index contributed by atoms with van der Waals surface area (Å²) < 4.78 is 64.4. The molecule has 0 saturated carbocycles. The molecule has 0 saturated heterocycles. The van der Waals surface area contributed by atoms with Crippen LogP contribution in [0.25, 0.3) is 16.6 Å². The number of sulfonamides is 1. The third-order valence-electron chi connectivity index (χ3n) is 4.81. The summed E-state index contributed by atoms with van der Waals surface area (Å²) in [6.07, 6.45) is 1.06. The number of aromatic nitrogens is 6. The first-order chi connectivity index (χ1) is 16.2. The second-order valence-electron chi connectivity index (χ2n) is 6.87. The molecule has 0 amide bonds. The van der Waals surface area contributed by atoms with Crippen molar-refractivity contribution in [2.45, 2.75) is 24.2 Å². The van der Waals surface area contributed by atoms with Crippen LogP contribution in [0.3, 0.4) is 0 Å². The number of alkyl halides is 2. The Morgan fingerprint density at radius 2 is 1.79 bits per heavy atom. The zero-order valence-corrected chi connectivity index (χ0v) is 19.4. The molecule has 0 aliphatic carbocycles. The molecule has 0 radical (unpaired) electrons. The molecule has 3 aromatic heterocycles. The fraction of sp³-hybridized carbons (Fsp3) is 0.263. The van der Waals surface area contributed by atoms with Gasteiger partial charge in [-0.2, -0.15) is 20.2 Å². The van der Waals surface area contributed by atoms with Gasteiger partial charge in [0.25, 0.3) is 10.0 Å². The number of rotatable bonds is 9. The average molecular weight is 514 g/mol. The van der Waals surface area contributed by atoms with Crippen molar-refractivity contribution in [3.05, 3.63) is 41.3 Å². The highest BCUT2D eigenvalue weighted by molar-refractivity contribution is 7.93. The minimum atomic E-state index is -4.21. The number of nitrogens with one attached hydrogen (secondary N) is 2. The first kappa shape index (κ1) is 23.6. The summed E-state index contributed by atoms with van der Waals surface area (Å²) in [5.41, 5.74) is 0.961. The van der Waals surface area contributed by atoms with Gasteiger partial charge in [0.2, 0.25) is 24.1 Å². The number of ether oxygens (including phenoxy) is 2. The molecular formula is C19H18ClF2N7O4S. The van der Waals surface area contributed by atoms with Gasteiger partial charge < -0.3 is 14.5 Å². The molecule has 0 aliphatic rings. The Morgan fingerprint density at radius 3 is 2.38 bits per heavy atom. The number of methoxy groups -OCH3 is 2. The number of halogens is 3. The maximum Gasteiger partial charge on any atom is 0.266 e. The maximum absolute atomic E-state index is 13.2. The second kappa shape index (κ2) is 9.38. The van der Waals surface area contributed by atoms with Crippen molar-refractivity contribution in [2.24, 2.45) is 0 Å². The second-order valence-corrected chi connectivity index (χ2v) is 8.93. The summed E-state index contributed by atoms with van der Waals surface area (Å²) in [4.78, 5) is 12.1. The summed E-state index contributed by atoms with van der Waals surface area (Å²) in [6, 6.07) is 3.06. The van der Waals surface area contributed by atoms with Gasteiger partial charge >= 0.3 is 0 Å². The van der Waals surface area contributed by atoms with Crippen LogP contribution in [-0.2, 0) is 16.4 Å². The lowest BCUT2D eigenvalue weighted by atomic mass is 10.2. The fourth-order valence-electron chi connectivity index (χ4n) is 3.35. The van der Waals surface area contributed by atoms with E-state index in [-0.39, 0.29) is 34.6 Å². The Bertz CT molecular complexity index is 1400. The number of hydrogen-bond acceptors (Lipinski definition) is 8. The largest absolute Gasteiger partial charge is 0.481 e. The molecule has 34 heavy (non-hydrogen) atoms. The van der Waals surface area contributed by atoms with Crippen LogP contribution in [0.5, 0.6) is 11.8 Å². The monoisotopic (exact) mass is 513 g/mol. The fourth-order valence-corrected chi connectivity index (χ4v) is 4.70. The van der Waals surface area contributed by atoms with Crippen LogP contribution in [0.4, 0.5) is 14.7 Å². The van der Waals surface area contributed by atoms with Gasteiger partial charge in [0.05, 0.1) is 42.7 Å². The molecule has 4 rings (SSSR count). The molecule has 1 aromatic carbocycles. The van der Waals surface area contributed by atoms with E-state index in [4.69, 9.17) is 21.1 Å². The van der Waals surface area contributed by atoms with Gasteiger partial charge in [-0.3, -0.25) is 0 Å². The minimum absolute atomic E-state index is 0.0806. The van der Waals surface area contributed by atoms with Crippen molar-refractivity contribution < 1.29 is 26.7 Å². The molecule has 0 unspecified atom stereocenters. The topological polar surface area (TPSA) is 137 Å². The smallest absolute Gasteiger partial charge is 0.266 e. The van der Waals surface area contributed by atoms with Gasteiger partial charge in [0.1, 0.15) is 10.6 Å². The number of aromatic amines is 1. The van der Waals surface area contributed by atoms with Gasteiger partial charge in [-0.1, -0.05) is 11.6 Å². The Balaban J connectivity index is 1.73. The van der Waals surface area contributed by atoms with Crippen molar-refractivity contribution in [2.75, 3.05) is 18.9 Å². The quantitative estimate of drug-likeness (QED) is 0.348. The van der Waals surface area contributed by atoms with E-state index in [2.05, 4.69) is 29.9 Å². The third-order valence-corrected chi connectivity index (χ3v) is 6.48. The van der Waals surface area contributed by atoms with Gasteiger partial charge in [-0.05, 0) is 18.6 Å². The molecular weight excluding hydrogens is 496 g/mol. The van der Waals surface area contributed by atoms with Gasteiger partial charge in [-0.25, -0.2) is 21.9 Å². The lowest BCUT2D eigenvalue weighted by Gasteiger charge is -2.14. The molecule has 15 heteroatoms. The van der Waals surface area contributed by atoms with E-state index in [0.717, 1.165) is 0 Å². The molecule has 2 N–H and O–H groups in total. The highest BCUT2D eigenvalue weighted by atomic mass is 35.5. The number of hydrogen-bond donors (Lipinski definition) is 2. The molecule has 3 heterocycles. The van der Waals surface area contributed by atoms with Crippen LogP contribution in [0.15, 0.2) is 35.6 Å². The average Bonchev–Trinajstić information content (AvgIpc) is 3.47. The van der Waals surface area contributed by atoms with Crippen LogP contribution < -0.4 is 14.2 Å². The lowest BCUT2D eigenvalue weighted by molar-refractivity contribution is 0.137. The molecule has 4 aromatic rings. The van der Waals surface area contributed by atoms with E-state index in [1.54, 1.807) is 0 Å². The molecule has 180 valence electrons. The van der Waals surface area contributed by atoms with E-state index < -0.39 is 22.9 Å². The molecule has 0 atom stereocenters. The van der Waals surface area contributed by atoms with Crippen LogP contribution in [0, 0.1) is 0 Å². The van der Waals surface area contributed by atoms with E-state index in [1.807, 2.05) is 0 Å². The van der Waals surface area contributed by atoms with Crippen molar-refractivity contribution in [3.63, 3.8) is 0 Å². The van der Waals surface area contributed by atoms with Crippen LogP contribution in [0.2, 0.25) is 5.02 Å². The molecule has 0 bridgehead atoms. The summed E-state index contributed by atoms with van der Waals surface area (Å²) in [6.45, 7) is 0. The number of nitrogens with zero attached hydrogens (tertiary/aromatic N) is 5. The number of H-pyrrole nitrogens is 1. The SMILES string of the molecule is COc1nc(NS(=O)(=O)c2c[nH]c3c(-n4nccn4)c(Cl)ccc23)nc(OC)c1CCC(F)F. The standard InChI is InChI=1S/C19H18ClF2N7O4S/c1-32-17-11(4-6-14(21)22)18(33-2)27-19(26-17)28-34(30,31)13-9-23-15-10(13)3-5-12(20)16(15)29-24-7-8-25-29/h3,5,7-9,14,23H,4,6H2,1-2H3,(H,26,27,28). The van der Waals surface area contributed by atoms with Gasteiger partial charge in [0, 0.05) is 18.0 Å². The van der Waals surface area contributed by atoms with Crippen LogP contribution >= 0.6 is 11.6 Å². The van der Waals surface area contributed by atoms with Crippen molar-refractivity contribution in [1.29, 1.82) is 0 Å². The predicted molar refractivity (Wildman–Crippen MR) is 118 cm³/mol. The Labute approximate surface area is 197 Å². The van der Waals surface area contributed by atoms with Crippen LogP contribution in [-0.4, -0.2) is 59.0 Å². The summed E-state index contributed by atoms with van der Waals surface area (Å²) in [5.74, 6) is -0.516. The summed E-state index contributed by atoms with van der Waals surface area (Å²) in [5, 5.41) is 8.72. The Hall–Kier alpha value is -3.52. The number of anilines is 1. The maximum atomic E-state index is 13.2. The molecule has 0 spiro atoms. The van der Waals surface area contributed by atoms with E-state index >= 15 is 0 Å². The zero-order chi connectivity index (χ0) is 24.5.